The number of morpholine rings is 1. The van der Waals surface area contributed by atoms with Crippen LogP contribution in [0.25, 0.3) is 0 Å². The van der Waals surface area contributed by atoms with Crippen LogP contribution in [0.2, 0.25) is 0 Å². The lowest BCUT2D eigenvalue weighted by atomic mass is 9.94. The lowest BCUT2D eigenvalue weighted by Crippen LogP contribution is -2.69. The third-order valence-electron chi connectivity index (χ3n) is 2.85. The van der Waals surface area contributed by atoms with Gasteiger partial charge in [-0.1, -0.05) is 0 Å². The molecule has 0 aromatic heterocycles. The molecule has 0 radical (unpaired) electrons. The molecule has 13 heavy (non-hydrogen) atoms. The second-order valence-corrected chi connectivity index (χ2v) is 4.23. The van der Waals surface area contributed by atoms with Gasteiger partial charge in [-0.15, -0.1) is 0 Å². The number of piperazine rings is 1. The quantitative estimate of drug-likeness (QED) is 0.557. The van der Waals surface area contributed by atoms with Crippen molar-refractivity contribution in [3.8, 4) is 0 Å². The number of carbonyl (C=O) groups excluding carboxylic acids is 1. The van der Waals surface area contributed by atoms with Crippen LogP contribution < -0.4 is 5.32 Å². The van der Waals surface area contributed by atoms with Crippen LogP contribution in [0.3, 0.4) is 0 Å². The number of ether oxygens (including phenoxy) is 1. The zero-order chi connectivity index (χ0) is 9.47. The van der Waals surface area contributed by atoms with E-state index in [9.17, 15) is 4.79 Å². The molecule has 4 heteroatoms. The van der Waals surface area contributed by atoms with Crippen LogP contribution in [-0.4, -0.2) is 48.7 Å². The second kappa shape index (κ2) is 2.96. The van der Waals surface area contributed by atoms with Crippen LogP contribution in [0.1, 0.15) is 13.8 Å². The fraction of sp³-hybridized carbons (Fsp3) is 0.889. The zero-order valence-corrected chi connectivity index (χ0v) is 8.17. The van der Waals surface area contributed by atoms with Crippen molar-refractivity contribution in [3.63, 3.8) is 0 Å². The summed E-state index contributed by atoms with van der Waals surface area (Å²) in [5.41, 5.74) is -0.132. The van der Waals surface area contributed by atoms with Gasteiger partial charge in [0, 0.05) is 6.54 Å². The van der Waals surface area contributed by atoms with Gasteiger partial charge in [-0.3, -0.25) is 4.79 Å². The number of hydrogen-bond donors (Lipinski definition) is 1. The first kappa shape index (κ1) is 8.97. The molecule has 74 valence electrons. The van der Waals surface area contributed by atoms with Gasteiger partial charge < -0.3 is 15.0 Å². The van der Waals surface area contributed by atoms with E-state index in [1.165, 1.54) is 0 Å². The van der Waals surface area contributed by atoms with E-state index in [4.69, 9.17) is 4.74 Å². The molecule has 1 N–H and O–H groups in total. The van der Waals surface area contributed by atoms with E-state index in [1.807, 2.05) is 11.8 Å². The van der Waals surface area contributed by atoms with Crippen molar-refractivity contribution in [2.75, 3.05) is 26.3 Å². The van der Waals surface area contributed by atoms with Gasteiger partial charge >= 0.3 is 0 Å². The molecule has 0 saturated carbocycles. The summed E-state index contributed by atoms with van der Waals surface area (Å²) in [7, 11) is 0. The van der Waals surface area contributed by atoms with Crippen LogP contribution >= 0.6 is 0 Å². The third kappa shape index (κ3) is 1.34. The molecule has 0 aromatic rings. The fourth-order valence-electron chi connectivity index (χ4n) is 2.33. The first-order chi connectivity index (χ1) is 6.13. The minimum Gasteiger partial charge on any atom is -0.377 e. The lowest BCUT2D eigenvalue weighted by molar-refractivity contribution is -0.159. The molecule has 0 aliphatic carbocycles. The molecule has 0 spiro atoms. The number of nitrogens with one attached hydrogen (secondary N) is 1. The van der Waals surface area contributed by atoms with Gasteiger partial charge in [0.05, 0.1) is 31.3 Å². The summed E-state index contributed by atoms with van der Waals surface area (Å²) >= 11 is 0. The van der Waals surface area contributed by atoms with Gasteiger partial charge in [0.15, 0.2) is 0 Å². The van der Waals surface area contributed by atoms with Crippen molar-refractivity contribution in [2.45, 2.75) is 25.4 Å². The Balaban J connectivity index is 2.24. The standard InChI is InChI=1S/C9H16N2O2/c1-7-4-13-6-9(2)5-10-3-8(12)11(7)9/h7,10H,3-6H2,1-2H3/t7?,9-/m0/s1. The SMILES string of the molecule is CC1COC[C@]2(C)CNCC(=O)N12. The molecule has 2 fully saturated rings. The Hall–Kier alpha value is -0.610. The van der Waals surface area contributed by atoms with Crippen LogP contribution in [0.15, 0.2) is 0 Å². The van der Waals surface area contributed by atoms with Gasteiger partial charge in [0.25, 0.3) is 0 Å². The third-order valence-corrected chi connectivity index (χ3v) is 2.85. The molecule has 4 nitrogen and oxygen atoms in total. The largest absolute Gasteiger partial charge is 0.377 e. The van der Waals surface area contributed by atoms with Crippen molar-refractivity contribution in [1.29, 1.82) is 0 Å². The first-order valence-electron chi connectivity index (χ1n) is 4.74. The molecule has 0 bridgehead atoms. The summed E-state index contributed by atoms with van der Waals surface area (Å²) in [6, 6.07) is 0.216. The normalized spacial score (nSPS) is 40.3. The molecular weight excluding hydrogens is 168 g/mol. The van der Waals surface area contributed by atoms with E-state index in [0.29, 0.717) is 19.8 Å². The van der Waals surface area contributed by atoms with Crippen molar-refractivity contribution in [2.24, 2.45) is 0 Å². The summed E-state index contributed by atoms with van der Waals surface area (Å²) in [5, 5.41) is 3.12. The molecule has 2 saturated heterocycles. The number of nitrogens with zero attached hydrogens (tertiary/aromatic N) is 1. The van der Waals surface area contributed by atoms with Crippen LogP contribution in [-0.2, 0) is 9.53 Å². The highest BCUT2D eigenvalue weighted by molar-refractivity contribution is 5.80. The monoisotopic (exact) mass is 184 g/mol. The van der Waals surface area contributed by atoms with Gasteiger partial charge in [-0.25, -0.2) is 0 Å². The average Bonchev–Trinajstić information content (AvgIpc) is 2.02. The van der Waals surface area contributed by atoms with E-state index < -0.39 is 0 Å². The van der Waals surface area contributed by atoms with Gasteiger partial charge in [0.1, 0.15) is 0 Å². The molecule has 1 amide bonds. The van der Waals surface area contributed by atoms with Crippen molar-refractivity contribution < 1.29 is 9.53 Å². The highest BCUT2D eigenvalue weighted by Gasteiger charge is 2.43. The summed E-state index contributed by atoms with van der Waals surface area (Å²) in [6.45, 7) is 6.74. The molecule has 2 aliphatic rings. The molecule has 2 atom stereocenters. The lowest BCUT2D eigenvalue weighted by Gasteiger charge is -2.51. The zero-order valence-electron chi connectivity index (χ0n) is 8.17. The number of carbonyl (C=O) groups is 1. The van der Waals surface area contributed by atoms with Crippen LogP contribution in [0.4, 0.5) is 0 Å². The average molecular weight is 184 g/mol. The molecule has 2 heterocycles. The highest BCUT2D eigenvalue weighted by Crippen LogP contribution is 2.25. The molecule has 0 aromatic carbocycles. The number of amides is 1. The summed E-state index contributed by atoms with van der Waals surface area (Å²) in [5.74, 6) is 0.199. The number of hydrogen-bond acceptors (Lipinski definition) is 3. The number of fused-ring (bicyclic) bond motifs is 1. The topological polar surface area (TPSA) is 41.6 Å². The number of rotatable bonds is 0. The Morgan fingerprint density at radius 3 is 3.15 bits per heavy atom. The summed E-state index contributed by atoms with van der Waals surface area (Å²) < 4.78 is 5.47. The smallest absolute Gasteiger partial charge is 0.237 e. The van der Waals surface area contributed by atoms with Crippen molar-refractivity contribution >= 4 is 5.91 Å². The minimum absolute atomic E-state index is 0.132. The second-order valence-electron chi connectivity index (χ2n) is 4.23. The summed E-state index contributed by atoms with van der Waals surface area (Å²) in [6.07, 6.45) is 0. The Labute approximate surface area is 78.2 Å². The fourth-order valence-corrected chi connectivity index (χ4v) is 2.33. The van der Waals surface area contributed by atoms with E-state index in [-0.39, 0.29) is 17.5 Å². The maximum atomic E-state index is 11.7. The highest BCUT2D eigenvalue weighted by atomic mass is 16.5. The summed E-state index contributed by atoms with van der Waals surface area (Å²) in [4.78, 5) is 13.6. The van der Waals surface area contributed by atoms with E-state index >= 15 is 0 Å². The van der Waals surface area contributed by atoms with Crippen LogP contribution in [0.5, 0.6) is 0 Å². The maximum absolute atomic E-state index is 11.7. The Morgan fingerprint density at radius 2 is 2.46 bits per heavy atom. The Morgan fingerprint density at radius 1 is 1.69 bits per heavy atom. The van der Waals surface area contributed by atoms with Gasteiger partial charge in [-0.2, -0.15) is 0 Å². The predicted molar refractivity (Wildman–Crippen MR) is 48.4 cm³/mol. The van der Waals surface area contributed by atoms with Crippen molar-refractivity contribution in [1.82, 2.24) is 10.2 Å². The molecule has 1 unspecified atom stereocenters. The van der Waals surface area contributed by atoms with E-state index in [1.54, 1.807) is 0 Å². The van der Waals surface area contributed by atoms with E-state index in [2.05, 4.69) is 12.2 Å². The Bertz CT molecular complexity index is 228. The minimum atomic E-state index is -0.132. The molecular formula is C9H16N2O2. The van der Waals surface area contributed by atoms with E-state index in [0.717, 1.165) is 6.54 Å². The van der Waals surface area contributed by atoms with Crippen LogP contribution in [0, 0.1) is 0 Å². The van der Waals surface area contributed by atoms with Gasteiger partial charge in [0.2, 0.25) is 5.91 Å². The maximum Gasteiger partial charge on any atom is 0.237 e. The first-order valence-corrected chi connectivity index (χ1v) is 4.74. The Kier molecular flexibility index (Phi) is 2.04. The molecule has 2 rings (SSSR count). The predicted octanol–water partition coefficient (Wildman–Crippen LogP) is -0.404. The van der Waals surface area contributed by atoms with Crippen molar-refractivity contribution in [3.05, 3.63) is 0 Å². The van der Waals surface area contributed by atoms with Gasteiger partial charge in [-0.05, 0) is 13.8 Å². The molecule has 2 aliphatic heterocycles.